The average molecular weight is 411 g/mol. The van der Waals surface area contributed by atoms with E-state index in [-0.39, 0.29) is 24.4 Å². The van der Waals surface area contributed by atoms with Crippen molar-refractivity contribution < 1.29 is 28.6 Å². The van der Waals surface area contributed by atoms with E-state index in [0.717, 1.165) is 5.56 Å². The van der Waals surface area contributed by atoms with Crippen molar-refractivity contribution >= 4 is 29.4 Å². The molecule has 2 rings (SSSR count). The fourth-order valence-corrected chi connectivity index (χ4v) is 2.51. The number of anilines is 1. The lowest BCUT2D eigenvalue weighted by Gasteiger charge is -2.13. The second-order valence-corrected chi connectivity index (χ2v) is 6.70. The SMILES string of the molecule is COc1cc(/C=C/C(=O)OCC(=O)c2ccc(NC(C)=O)cc2)ccc1OC(C)C. The van der Waals surface area contributed by atoms with Crippen LogP contribution in [0.25, 0.3) is 6.08 Å². The van der Waals surface area contributed by atoms with Crippen molar-refractivity contribution in [2.24, 2.45) is 0 Å². The molecule has 2 aromatic carbocycles. The van der Waals surface area contributed by atoms with Gasteiger partial charge in [0.15, 0.2) is 23.9 Å². The lowest BCUT2D eigenvalue weighted by atomic mass is 10.1. The van der Waals surface area contributed by atoms with Crippen molar-refractivity contribution in [2.75, 3.05) is 19.0 Å². The molecular formula is C23H25NO6. The van der Waals surface area contributed by atoms with Crippen molar-refractivity contribution in [2.45, 2.75) is 26.9 Å². The zero-order valence-corrected chi connectivity index (χ0v) is 17.4. The van der Waals surface area contributed by atoms with Crippen molar-refractivity contribution in [1.82, 2.24) is 0 Å². The number of Topliss-reactive ketones (excluding diaryl/α,β-unsaturated/α-hetero) is 1. The molecule has 0 saturated heterocycles. The molecule has 0 bridgehead atoms. The highest BCUT2D eigenvalue weighted by Gasteiger charge is 2.10. The van der Waals surface area contributed by atoms with Crippen LogP contribution in [0.15, 0.2) is 48.5 Å². The number of ketones is 1. The predicted molar refractivity (Wildman–Crippen MR) is 114 cm³/mol. The molecule has 158 valence electrons. The van der Waals surface area contributed by atoms with Gasteiger partial charge >= 0.3 is 5.97 Å². The van der Waals surface area contributed by atoms with E-state index in [1.165, 1.54) is 13.0 Å². The molecule has 7 nitrogen and oxygen atoms in total. The van der Waals surface area contributed by atoms with Gasteiger partial charge in [-0.15, -0.1) is 0 Å². The number of methoxy groups -OCH3 is 1. The summed E-state index contributed by atoms with van der Waals surface area (Å²) in [6.45, 7) is 4.85. The molecule has 0 radical (unpaired) electrons. The van der Waals surface area contributed by atoms with E-state index in [2.05, 4.69) is 5.32 Å². The number of benzene rings is 2. The van der Waals surface area contributed by atoms with Gasteiger partial charge in [-0.1, -0.05) is 6.07 Å². The van der Waals surface area contributed by atoms with Crippen molar-refractivity contribution in [3.8, 4) is 11.5 Å². The number of esters is 1. The highest BCUT2D eigenvalue weighted by molar-refractivity contribution is 5.99. The Bertz CT molecular complexity index is 931. The Balaban J connectivity index is 1.91. The van der Waals surface area contributed by atoms with Crippen molar-refractivity contribution in [1.29, 1.82) is 0 Å². The maximum absolute atomic E-state index is 12.1. The van der Waals surface area contributed by atoms with Crippen LogP contribution in [-0.2, 0) is 14.3 Å². The number of carbonyl (C=O) groups is 3. The Labute approximate surface area is 175 Å². The highest BCUT2D eigenvalue weighted by atomic mass is 16.5. The fraction of sp³-hybridized carbons (Fsp3) is 0.261. The smallest absolute Gasteiger partial charge is 0.331 e. The lowest BCUT2D eigenvalue weighted by Crippen LogP contribution is -2.13. The summed E-state index contributed by atoms with van der Waals surface area (Å²) in [5, 5.41) is 2.61. The van der Waals surface area contributed by atoms with Crippen LogP contribution in [0, 0.1) is 0 Å². The topological polar surface area (TPSA) is 90.9 Å². The third-order valence-electron chi connectivity index (χ3n) is 3.83. The van der Waals surface area contributed by atoms with Crippen LogP contribution in [0.5, 0.6) is 11.5 Å². The standard InChI is InChI=1S/C23H25NO6/c1-15(2)30-21-11-5-17(13-22(21)28-4)6-12-23(27)29-14-20(26)18-7-9-19(10-8-18)24-16(3)25/h5-13,15H,14H2,1-4H3,(H,24,25)/b12-6+. The summed E-state index contributed by atoms with van der Waals surface area (Å²) >= 11 is 0. The van der Waals surface area contributed by atoms with Gasteiger partial charge in [-0.25, -0.2) is 4.79 Å². The molecule has 0 aliphatic rings. The third kappa shape index (κ3) is 7.09. The largest absolute Gasteiger partial charge is 0.493 e. The first kappa shape index (κ1) is 22.7. The van der Waals surface area contributed by atoms with Crippen LogP contribution >= 0.6 is 0 Å². The predicted octanol–water partition coefficient (Wildman–Crippen LogP) is 3.88. The van der Waals surface area contributed by atoms with E-state index >= 15 is 0 Å². The van der Waals surface area contributed by atoms with Crippen LogP contribution in [0.1, 0.15) is 36.7 Å². The molecule has 0 aliphatic carbocycles. The molecule has 30 heavy (non-hydrogen) atoms. The molecule has 0 unspecified atom stereocenters. The zero-order chi connectivity index (χ0) is 22.1. The van der Waals surface area contributed by atoms with Gasteiger partial charge in [0.1, 0.15) is 0 Å². The van der Waals surface area contributed by atoms with Gasteiger partial charge in [-0.2, -0.15) is 0 Å². The van der Waals surface area contributed by atoms with Crippen LogP contribution in [-0.4, -0.2) is 37.5 Å². The van der Waals surface area contributed by atoms with E-state index in [1.54, 1.807) is 55.7 Å². The van der Waals surface area contributed by atoms with E-state index in [1.807, 2.05) is 13.8 Å². The molecule has 0 atom stereocenters. The Morgan fingerprint density at radius 3 is 2.33 bits per heavy atom. The molecule has 7 heteroatoms. The summed E-state index contributed by atoms with van der Waals surface area (Å²) in [6, 6.07) is 11.6. The van der Waals surface area contributed by atoms with Crippen molar-refractivity contribution in [3.05, 3.63) is 59.7 Å². The van der Waals surface area contributed by atoms with E-state index in [4.69, 9.17) is 14.2 Å². The number of hydrogen-bond donors (Lipinski definition) is 1. The highest BCUT2D eigenvalue weighted by Crippen LogP contribution is 2.29. The molecular weight excluding hydrogens is 386 g/mol. The third-order valence-corrected chi connectivity index (χ3v) is 3.83. The monoisotopic (exact) mass is 411 g/mol. The molecule has 0 aliphatic heterocycles. The molecule has 0 fully saturated rings. The van der Waals surface area contributed by atoms with Crippen LogP contribution in [0.3, 0.4) is 0 Å². The van der Waals surface area contributed by atoms with Crippen LogP contribution in [0.2, 0.25) is 0 Å². The van der Waals surface area contributed by atoms with E-state index in [9.17, 15) is 14.4 Å². The Morgan fingerprint density at radius 1 is 1.03 bits per heavy atom. The molecule has 1 amide bonds. The normalized spacial score (nSPS) is 10.7. The van der Waals surface area contributed by atoms with Gasteiger partial charge in [-0.3, -0.25) is 9.59 Å². The first-order valence-electron chi connectivity index (χ1n) is 9.39. The van der Waals surface area contributed by atoms with Crippen LogP contribution in [0.4, 0.5) is 5.69 Å². The minimum Gasteiger partial charge on any atom is -0.493 e. The molecule has 1 N–H and O–H groups in total. The summed E-state index contributed by atoms with van der Waals surface area (Å²) in [4.78, 5) is 35.1. The number of amides is 1. The van der Waals surface area contributed by atoms with Gasteiger partial charge in [0, 0.05) is 24.3 Å². The summed E-state index contributed by atoms with van der Waals surface area (Å²) < 4.78 is 16.0. The van der Waals surface area contributed by atoms with Gasteiger partial charge in [0.25, 0.3) is 0 Å². The minimum absolute atomic E-state index is 0.00871. The van der Waals surface area contributed by atoms with Gasteiger partial charge in [-0.05, 0) is 61.9 Å². The molecule has 0 saturated carbocycles. The van der Waals surface area contributed by atoms with Gasteiger partial charge in [0.2, 0.25) is 5.91 Å². The number of hydrogen-bond acceptors (Lipinski definition) is 6. The molecule has 2 aromatic rings. The molecule has 0 spiro atoms. The van der Waals surface area contributed by atoms with E-state index < -0.39 is 5.97 Å². The first-order valence-corrected chi connectivity index (χ1v) is 9.39. The second kappa shape index (κ2) is 10.8. The Morgan fingerprint density at radius 2 is 1.73 bits per heavy atom. The summed E-state index contributed by atoms with van der Waals surface area (Å²) in [6.07, 6.45) is 2.82. The maximum atomic E-state index is 12.1. The average Bonchev–Trinajstić information content (AvgIpc) is 2.71. The van der Waals surface area contributed by atoms with Gasteiger partial charge in [0.05, 0.1) is 13.2 Å². The second-order valence-electron chi connectivity index (χ2n) is 6.70. The Kier molecular flexibility index (Phi) is 8.17. The molecule has 0 heterocycles. The first-order chi connectivity index (χ1) is 14.3. The summed E-state index contributed by atoms with van der Waals surface area (Å²) in [5.74, 6) is -0.0170. The van der Waals surface area contributed by atoms with E-state index in [0.29, 0.717) is 22.7 Å². The zero-order valence-electron chi connectivity index (χ0n) is 17.4. The summed E-state index contributed by atoms with van der Waals surface area (Å²) in [7, 11) is 1.54. The number of carbonyl (C=O) groups excluding carboxylic acids is 3. The number of ether oxygens (including phenoxy) is 3. The Hall–Kier alpha value is -3.61. The quantitative estimate of drug-likeness (QED) is 0.383. The fourth-order valence-electron chi connectivity index (χ4n) is 2.51. The van der Waals surface area contributed by atoms with Crippen LogP contribution < -0.4 is 14.8 Å². The summed E-state index contributed by atoms with van der Waals surface area (Å²) in [5.41, 5.74) is 1.69. The number of nitrogens with one attached hydrogen (secondary N) is 1. The van der Waals surface area contributed by atoms with Crippen molar-refractivity contribution in [3.63, 3.8) is 0 Å². The minimum atomic E-state index is -0.639. The molecule has 0 aromatic heterocycles. The van der Waals surface area contributed by atoms with Gasteiger partial charge < -0.3 is 19.5 Å². The number of rotatable bonds is 9. The lowest BCUT2D eigenvalue weighted by molar-refractivity contribution is -0.136. The maximum Gasteiger partial charge on any atom is 0.331 e.